The summed E-state index contributed by atoms with van der Waals surface area (Å²) in [5.41, 5.74) is 1.25. The maximum Gasteiger partial charge on any atom is 0.123 e. The maximum absolute atomic E-state index is 6.06. The summed E-state index contributed by atoms with van der Waals surface area (Å²) in [5, 5.41) is 4.30. The minimum atomic E-state index is 0.269. The molecule has 1 aromatic rings. The van der Waals surface area contributed by atoms with Crippen molar-refractivity contribution in [2.75, 3.05) is 26.2 Å². The minimum absolute atomic E-state index is 0.269. The predicted molar refractivity (Wildman–Crippen MR) is 82.7 cm³/mol. The average Bonchev–Trinajstić information content (AvgIpc) is 2.87. The molecule has 3 rings (SSSR count). The first-order chi connectivity index (χ1) is 9.76. The summed E-state index contributed by atoms with van der Waals surface area (Å²) in [6, 6.07) is 6.60. The number of rotatable bonds is 4. The molecule has 3 nitrogen and oxygen atoms in total. The van der Waals surface area contributed by atoms with Gasteiger partial charge in [0, 0.05) is 30.6 Å². The molecule has 20 heavy (non-hydrogen) atoms. The first kappa shape index (κ1) is 14.2. The lowest BCUT2D eigenvalue weighted by atomic mass is 10.0. The smallest absolute Gasteiger partial charge is 0.123 e. The highest BCUT2D eigenvalue weighted by atomic mass is 35.5. The van der Waals surface area contributed by atoms with Crippen LogP contribution >= 0.6 is 11.6 Å². The Labute approximate surface area is 126 Å². The van der Waals surface area contributed by atoms with Gasteiger partial charge in [-0.25, -0.2) is 0 Å². The number of likely N-dealkylation sites (N-methyl/N-ethyl adjacent to an activating group) is 1. The van der Waals surface area contributed by atoms with Gasteiger partial charge in [0.2, 0.25) is 0 Å². The normalized spacial score (nSPS) is 25.6. The summed E-state index contributed by atoms with van der Waals surface area (Å²) in [6.07, 6.45) is 3.83. The van der Waals surface area contributed by atoms with E-state index < -0.39 is 0 Å². The zero-order valence-electron chi connectivity index (χ0n) is 12.1. The van der Waals surface area contributed by atoms with Crippen molar-refractivity contribution >= 4 is 11.6 Å². The Hall–Kier alpha value is -0.770. The second-order valence-electron chi connectivity index (χ2n) is 5.78. The van der Waals surface area contributed by atoms with E-state index in [1.54, 1.807) is 0 Å². The van der Waals surface area contributed by atoms with Crippen molar-refractivity contribution in [2.45, 2.75) is 38.3 Å². The fourth-order valence-corrected chi connectivity index (χ4v) is 3.53. The van der Waals surface area contributed by atoms with Gasteiger partial charge in [-0.2, -0.15) is 0 Å². The van der Waals surface area contributed by atoms with Crippen LogP contribution < -0.4 is 10.1 Å². The molecule has 0 radical (unpaired) electrons. The van der Waals surface area contributed by atoms with Crippen LogP contribution in [0.5, 0.6) is 5.75 Å². The van der Waals surface area contributed by atoms with E-state index in [9.17, 15) is 0 Å². The second-order valence-corrected chi connectivity index (χ2v) is 6.22. The number of piperidine rings is 1. The topological polar surface area (TPSA) is 24.5 Å². The molecule has 1 saturated heterocycles. The van der Waals surface area contributed by atoms with E-state index in [1.807, 2.05) is 18.2 Å². The molecule has 0 amide bonds. The molecule has 1 N–H and O–H groups in total. The van der Waals surface area contributed by atoms with Gasteiger partial charge in [-0.1, -0.05) is 18.5 Å². The molecule has 2 heterocycles. The van der Waals surface area contributed by atoms with Gasteiger partial charge in [0.25, 0.3) is 0 Å². The molecule has 2 unspecified atom stereocenters. The van der Waals surface area contributed by atoms with Gasteiger partial charge < -0.3 is 10.1 Å². The quantitative estimate of drug-likeness (QED) is 0.924. The van der Waals surface area contributed by atoms with Gasteiger partial charge >= 0.3 is 0 Å². The molecule has 2 atom stereocenters. The van der Waals surface area contributed by atoms with Crippen molar-refractivity contribution in [3.05, 3.63) is 28.8 Å². The molecule has 2 aliphatic rings. The number of hydrogen-bond donors (Lipinski definition) is 1. The third kappa shape index (κ3) is 3.11. The highest BCUT2D eigenvalue weighted by Crippen LogP contribution is 2.31. The summed E-state index contributed by atoms with van der Waals surface area (Å²) in [5.74, 6) is 1.01. The van der Waals surface area contributed by atoms with E-state index in [0.717, 1.165) is 43.4 Å². The molecule has 0 bridgehead atoms. The van der Waals surface area contributed by atoms with Crippen LogP contribution in [-0.4, -0.2) is 43.2 Å². The van der Waals surface area contributed by atoms with Crippen LogP contribution in [0.1, 0.15) is 25.3 Å². The molecule has 1 aromatic carbocycles. The fourth-order valence-electron chi connectivity index (χ4n) is 3.33. The molecule has 110 valence electrons. The largest absolute Gasteiger partial charge is 0.488 e. The fraction of sp³-hybridized carbons (Fsp3) is 0.625. The van der Waals surface area contributed by atoms with E-state index in [4.69, 9.17) is 16.3 Å². The van der Waals surface area contributed by atoms with Gasteiger partial charge in [-0.3, -0.25) is 4.90 Å². The summed E-state index contributed by atoms with van der Waals surface area (Å²) < 4.78 is 6.06. The van der Waals surface area contributed by atoms with Gasteiger partial charge in [0.15, 0.2) is 0 Å². The van der Waals surface area contributed by atoms with Crippen molar-refractivity contribution in [1.82, 2.24) is 10.2 Å². The molecule has 2 aliphatic heterocycles. The van der Waals surface area contributed by atoms with Crippen LogP contribution in [-0.2, 0) is 6.42 Å². The van der Waals surface area contributed by atoms with Crippen LogP contribution in [0.3, 0.4) is 0 Å². The summed E-state index contributed by atoms with van der Waals surface area (Å²) >= 11 is 6.05. The van der Waals surface area contributed by atoms with Gasteiger partial charge in [0.05, 0.1) is 0 Å². The van der Waals surface area contributed by atoms with E-state index in [0.29, 0.717) is 6.04 Å². The highest BCUT2D eigenvalue weighted by molar-refractivity contribution is 6.30. The maximum atomic E-state index is 6.06. The first-order valence-electron chi connectivity index (χ1n) is 7.66. The lowest BCUT2D eigenvalue weighted by Crippen LogP contribution is -2.49. The summed E-state index contributed by atoms with van der Waals surface area (Å²) in [7, 11) is 0. The number of halogens is 1. The number of benzene rings is 1. The summed E-state index contributed by atoms with van der Waals surface area (Å²) in [4.78, 5) is 2.56. The Morgan fingerprint density at radius 3 is 3.10 bits per heavy atom. The molecule has 0 spiro atoms. The van der Waals surface area contributed by atoms with Crippen LogP contribution in [0, 0.1) is 0 Å². The SMILES string of the molecule is CCN(CC1Cc2cc(Cl)ccc2O1)C1CCCNC1. The molecule has 4 heteroatoms. The average molecular weight is 295 g/mol. The number of ether oxygens (including phenoxy) is 1. The lowest BCUT2D eigenvalue weighted by molar-refractivity contribution is 0.107. The van der Waals surface area contributed by atoms with Crippen molar-refractivity contribution in [1.29, 1.82) is 0 Å². The molecular formula is C16H23ClN2O. The Kier molecular flexibility index (Phi) is 4.49. The molecular weight excluding hydrogens is 272 g/mol. The Morgan fingerprint density at radius 2 is 2.35 bits per heavy atom. The third-order valence-corrected chi connectivity index (χ3v) is 4.63. The predicted octanol–water partition coefficient (Wildman–Crippen LogP) is 2.72. The van der Waals surface area contributed by atoms with E-state index in [1.165, 1.54) is 18.4 Å². The minimum Gasteiger partial charge on any atom is -0.488 e. The highest BCUT2D eigenvalue weighted by Gasteiger charge is 2.28. The van der Waals surface area contributed by atoms with Crippen molar-refractivity contribution in [2.24, 2.45) is 0 Å². The molecule has 0 saturated carbocycles. The van der Waals surface area contributed by atoms with Crippen LogP contribution in [0.2, 0.25) is 5.02 Å². The molecule has 0 aliphatic carbocycles. The Balaban J connectivity index is 1.60. The second kappa shape index (κ2) is 6.33. The van der Waals surface area contributed by atoms with Gasteiger partial charge in [0.1, 0.15) is 11.9 Å². The van der Waals surface area contributed by atoms with Crippen LogP contribution in [0.15, 0.2) is 18.2 Å². The molecule has 1 fully saturated rings. The van der Waals surface area contributed by atoms with E-state index >= 15 is 0 Å². The molecule has 0 aromatic heterocycles. The van der Waals surface area contributed by atoms with Crippen molar-refractivity contribution < 1.29 is 4.74 Å². The Morgan fingerprint density at radius 1 is 1.45 bits per heavy atom. The van der Waals surface area contributed by atoms with E-state index in [-0.39, 0.29) is 6.10 Å². The zero-order chi connectivity index (χ0) is 13.9. The Bertz CT molecular complexity index is 460. The number of nitrogens with zero attached hydrogens (tertiary/aromatic N) is 1. The zero-order valence-corrected chi connectivity index (χ0v) is 12.8. The van der Waals surface area contributed by atoms with Crippen LogP contribution in [0.4, 0.5) is 0 Å². The van der Waals surface area contributed by atoms with E-state index in [2.05, 4.69) is 17.1 Å². The van der Waals surface area contributed by atoms with Gasteiger partial charge in [-0.05, 0) is 49.7 Å². The lowest BCUT2D eigenvalue weighted by Gasteiger charge is -2.35. The van der Waals surface area contributed by atoms with Crippen LogP contribution in [0.25, 0.3) is 0 Å². The number of nitrogens with one attached hydrogen (secondary N) is 1. The van der Waals surface area contributed by atoms with Gasteiger partial charge in [-0.15, -0.1) is 0 Å². The first-order valence-corrected chi connectivity index (χ1v) is 8.04. The third-order valence-electron chi connectivity index (χ3n) is 4.40. The standard InChI is InChI=1S/C16H23ClN2O/c1-2-19(14-4-3-7-18-10-14)11-15-9-12-8-13(17)5-6-16(12)20-15/h5-6,8,14-15,18H,2-4,7,9-11H2,1H3. The van der Waals surface area contributed by atoms with Crippen molar-refractivity contribution in [3.8, 4) is 5.75 Å². The van der Waals surface area contributed by atoms with Crippen molar-refractivity contribution in [3.63, 3.8) is 0 Å². The number of hydrogen-bond acceptors (Lipinski definition) is 3. The monoisotopic (exact) mass is 294 g/mol. The number of fused-ring (bicyclic) bond motifs is 1. The summed E-state index contributed by atoms with van der Waals surface area (Å²) in [6.45, 7) is 6.61.